The number of carbonyl (C=O) groups is 1. The van der Waals surface area contributed by atoms with Crippen LogP contribution >= 0.6 is 11.8 Å². The second-order valence-electron chi connectivity index (χ2n) is 4.60. The molecule has 0 aromatic heterocycles. The molecular formula is C12H22N2O2S. The second kappa shape index (κ2) is 6.61. The summed E-state index contributed by atoms with van der Waals surface area (Å²) in [5.74, 6) is 1.18. The lowest BCUT2D eigenvalue weighted by molar-refractivity contribution is -0.134. The number of thioether (sulfide) groups is 1. The molecule has 2 N–H and O–H groups in total. The number of hydrogen-bond acceptors (Lipinski definition) is 4. The molecule has 2 rings (SSSR count). The van der Waals surface area contributed by atoms with E-state index in [-0.39, 0.29) is 12.0 Å². The lowest BCUT2D eigenvalue weighted by Crippen LogP contribution is -2.51. The summed E-state index contributed by atoms with van der Waals surface area (Å²) in [6.07, 6.45) is 3.28. The second-order valence-corrected chi connectivity index (χ2v) is 6.12. The van der Waals surface area contributed by atoms with Gasteiger partial charge in [0.1, 0.15) is 6.10 Å². The van der Waals surface area contributed by atoms with Crippen molar-refractivity contribution in [3.63, 3.8) is 0 Å². The lowest BCUT2D eigenvalue weighted by atomic mass is 10.2. The monoisotopic (exact) mass is 258 g/mol. The third-order valence-electron chi connectivity index (χ3n) is 3.38. The van der Waals surface area contributed by atoms with Gasteiger partial charge in [0.25, 0.3) is 5.91 Å². The van der Waals surface area contributed by atoms with E-state index in [0.29, 0.717) is 24.4 Å². The molecule has 1 heterocycles. The molecule has 1 saturated carbocycles. The molecule has 0 radical (unpaired) electrons. The van der Waals surface area contributed by atoms with Crippen molar-refractivity contribution in [2.45, 2.75) is 43.6 Å². The van der Waals surface area contributed by atoms with Crippen LogP contribution < -0.4 is 10.6 Å². The first-order chi connectivity index (χ1) is 8.31. The molecule has 4 nitrogen and oxygen atoms in total. The van der Waals surface area contributed by atoms with Gasteiger partial charge in [-0.05, 0) is 18.6 Å². The minimum absolute atomic E-state index is 0.0609. The summed E-state index contributed by atoms with van der Waals surface area (Å²) in [6, 6.07) is 0.345. The SMILES string of the molecule is CCSC1CCCC1NC(=O)C1CNCCO1. The van der Waals surface area contributed by atoms with E-state index in [1.54, 1.807) is 0 Å². The molecule has 3 atom stereocenters. The van der Waals surface area contributed by atoms with Crippen LogP contribution in [0.5, 0.6) is 0 Å². The number of rotatable bonds is 4. The van der Waals surface area contributed by atoms with E-state index in [0.717, 1.165) is 18.7 Å². The van der Waals surface area contributed by atoms with Gasteiger partial charge in [-0.15, -0.1) is 0 Å². The molecule has 2 aliphatic rings. The Labute approximate surface area is 107 Å². The number of nitrogens with one attached hydrogen (secondary N) is 2. The highest BCUT2D eigenvalue weighted by Crippen LogP contribution is 2.29. The average molecular weight is 258 g/mol. The van der Waals surface area contributed by atoms with Crippen LogP contribution in [0.4, 0.5) is 0 Å². The molecule has 17 heavy (non-hydrogen) atoms. The maximum absolute atomic E-state index is 12.0. The molecule has 1 aliphatic heterocycles. The lowest BCUT2D eigenvalue weighted by Gasteiger charge is -2.26. The Balaban J connectivity index is 1.80. The van der Waals surface area contributed by atoms with Crippen LogP contribution in [-0.2, 0) is 9.53 Å². The third-order valence-corrected chi connectivity index (χ3v) is 4.71. The van der Waals surface area contributed by atoms with Crippen molar-refractivity contribution < 1.29 is 9.53 Å². The topological polar surface area (TPSA) is 50.4 Å². The van der Waals surface area contributed by atoms with Crippen molar-refractivity contribution in [3.05, 3.63) is 0 Å². The molecule has 3 unspecified atom stereocenters. The van der Waals surface area contributed by atoms with Gasteiger partial charge in [-0.2, -0.15) is 11.8 Å². The number of amides is 1. The Morgan fingerprint density at radius 1 is 1.53 bits per heavy atom. The summed E-state index contributed by atoms with van der Waals surface area (Å²) in [5, 5.41) is 6.94. The molecule has 0 aromatic carbocycles. The quantitative estimate of drug-likeness (QED) is 0.782. The van der Waals surface area contributed by atoms with Crippen LogP contribution in [0, 0.1) is 0 Å². The van der Waals surface area contributed by atoms with E-state index in [4.69, 9.17) is 4.74 Å². The van der Waals surface area contributed by atoms with Crippen LogP contribution in [0.3, 0.4) is 0 Å². The Hall–Kier alpha value is -0.260. The van der Waals surface area contributed by atoms with Crippen LogP contribution in [0.2, 0.25) is 0 Å². The van der Waals surface area contributed by atoms with Crippen molar-refractivity contribution in [2.75, 3.05) is 25.4 Å². The van der Waals surface area contributed by atoms with Crippen molar-refractivity contribution in [1.82, 2.24) is 10.6 Å². The molecule has 98 valence electrons. The number of morpholine rings is 1. The highest BCUT2D eigenvalue weighted by Gasteiger charge is 2.31. The fourth-order valence-corrected chi connectivity index (χ4v) is 3.71. The highest BCUT2D eigenvalue weighted by atomic mass is 32.2. The van der Waals surface area contributed by atoms with E-state index >= 15 is 0 Å². The fourth-order valence-electron chi connectivity index (χ4n) is 2.51. The van der Waals surface area contributed by atoms with Crippen molar-refractivity contribution in [3.8, 4) is 0 Å². The van der Waals surface area contributed by atoms with Crippen LogP contribution in [0.25, 0.3) is 0 Å². The first-order valence-corrected chi connectivity index (χ1v) is 7.60. The van der Waals surface area contributed by atoms with Crippen molar-refractivity contribution in [2.24, 2.45) is 0 Å². The van der Waals surface area contributed by atoms with E-state index in [1.165, 1.54) is 12.8 Å². The van der Waals surface area contributed by atoms with Gasteiger partial charge in [0.05, 0.1) is 6.61 Å². The minimum atomic E-state index is -0.295. The summed E-state index contributed by atoms with van der Waals surface area (Å²) in [6.45, 7) is 4.30. The van der Waals surface area contributed by atoms with Gasteiger partial charge in [0.15, 0.2) is 0 Å². The maximum atomic E-state index is 12.0. The van der Waals surface area contributed by atoms with Gasteiger partial charge in [-0.1, -0.05) is 13.3 Å². The third kappa shape index (κ3) is 3.60. The standard InChI is InChI=1S/C12H22N2O2S/c1-2-17-11-5-3-4-9(11)14-12(15)10-8-13-6-7-16-10/h9-11,13H,2-8H2,1H3,(H,14,15). The molecule has 1 aliphatic carbocycles. The highest BCUT2D eigenvalue weighted by molar-refractivity contribution is 7.99. The molecule has 1 saturated heterocycles. The van der Waals surface area contributed by atoms with Gasteiger partial charge in [-0.3, -0.25) is 4.79 Å². The molecule has 2 fully saturated rings. The van der Waals surface area contributed by atoms with E-state index < -0.39 is 0 Å². The fraction of sp³-hybridized carbons (Fsp3) is 0.917. The van der Waals surface area contributed by atoms with Crippen molar-refractivity contribution in [1.29, 1.82) is 0 Å². The summed E-state index contributed by atoms with van der Waals surface area (Å²) < 4.78 is 5.46. The van der Waals surface area contributed by atoms with Gasteiger partial charge in [0.2, 0.25) is 0 Å². The molecule has 0 aromatic rings. The van der Waals surface area contributed by atoms with Crippen LogP contribution in [-0.4, -0.2) is 48.8 Å². The molecular weight excluding hydrogens is 236 g/mol. The summed E-state index contributed by atoms with van der Waals surface area (Å²) in [5.41, 5.74) is 0. The number of carbonyl (C=O) groups excluding carboxylic acids is 1. The Morgan fingerprint density at radius 3 is 3.12 bits per heavy atom. The zero-order chi connectivity index (χ0) is 12.1. The normalized spacial score (nSPS) is 33.6. The van der Waals surface area contributed by atoms with E-state index in [2.05, 4.69) is 17.6 Å². The Bertz CT molecular complexity index is 257. The first-order valence-electron chi connectivity index (χ1n) is 6.55. The predicted molar refractivity (Wildman–Crippen MR) is 70.3 cm³/mol. The van der Waals surface area contributed by atoms with Crippen molar-refractivity contribution >= 4 is 17.7 Å². The smallest absolute Gasteiger partial charge is 0.250 e. The summed E-state index contributed by atoms with van der Waals surface area (Å²) >= 11 is 1.96. The minimum Gasteiger partial charge on any atom is -0.366 e. The average Bonchev–Trinajstić information content (AvgIpc) is 2.78. The van der Waals surface area contributed by atoms with Crippen LogP contribution in [0.15, 0.2) is 0 Å². The number of ether oxygens (including phenoxy) is 1. The van der Waals surface area contributed by atoms with Gasteiger partial charge >= 0.3 is 0 Å². The molecule has 5 heteroatoms. The molecule has 1 amide bonds. The Kier molecular flexibility index (Phi) is 5.13. The summed E-state index contributed by atoms with van der Waals surface area (Å²) in [4.78, 5) is 12.0. The molecule has 0 bridgehead atoms. The summed E-state index contributed by atoms with van der Waals surface area (Å²) in [7, 11) is 0. The predicted octanol–water partition coefficient (Wildman–Crippen LogP) is 0.765. The van der Waals surface area contributed by atoms with Gasteiger partial charge in [-0.25, -0.2) is 0 Å². The zero-order valence-corrected chi connectivity index (χ0v) is 11.2. The largest absolute Gasteiger partial charge is 0.366 e. The maximum Gasteiger partial charge on any atom is 0.250 e. The van der Waals surface area contributed by atoms with E-state index in [9.17, 15) is 4.79 Å². The molecule has 0 spiro atoms. The van der Waals surface area contributed by atoms with E-state index in [1.807, 2.05) is 11.8 Å². The van der Waals surface area contributed by atoms with Crippen LogP contribution in [0.1, 0.15) is 26.2 Å². The first kappa shape index (κ1) is 13.2. The Morgan fingerprint density at radius 2 is 2.41 bits per heavy atom. The zero-order valence-electron chi connectivity index (χ0n) is 10.4. The van der Waals surface area contributed by atoms with Gasteiger partial charge < -0.3 is 15.4 Å². The number of hydrogen-bond donors (Lipinski definition) is 2. The van der Waals surface area contributed by atoms with Gasteiger partial charge in [0, 0.05) is 24.4 Å².